The first kappa shape index (κ1) is 17.7. The summed E-state index contributed by atoms with van der Waals surface area (Å²) in [5.41, 5.74) is 1.59. The fraction of sp³-hybridized carbons (Fsp3) is 0.438. The highest BCUT2D eigenvalue weighted by Crippen LogP contribution is 2.23. The highest BCUT2D eigenvalue weighted by atomic mass is 16.2. The Morgan fingerprint density at radius 1 is 1.09 bits per heavy atom. The molecule has 6 heteroatoms. The van der Waals surface area contributed by atoms with E-state index < -0.39 is 11.8 Å². The van der Waals surface area contributed by atoms with E-state index in [1.165, 1.54) is 4.90 Å². The van der Waals surface area contributed by atoms with E-state index in [4.69, 9.17) is 0 Å². The molecule has 3 amide bonds. The molecule has 0 fully saturated rings. The molecule has 0 atom stereocenters. The number of amides is 3. The first-order chi connectivity index (χ1) is 10.3. The number of hydrogen-bond donors (Lipinski definition) is 2. The van der Waals surface area contributed by atoms with Gasteiger partial charge in [-0.05, 0) is 17.5 Å². The van der Waals surface area contributed by atoms with Crippen molar-refractivity contribution >= 4 is 23.4 Å². The van der Waals surface area contributed by atoms with E-state index in [-0.39, 0.29) is 24.8 Å². The van der Waals surface area contributed by atoms with E-state index in [2.05, 4.69) is 10.6 Å². The lowest BCUT2D eigenvalue weighted by molar-refractivity contribution is -0.136. The highest BCUT2D eigenvalue weighted by molar-refractivity contribution is 6.39. The lowest BCUT2D eigenvalue weighted by Gasteiger charge is -2.13. The quantitative estimate of drug-likeness (QED) is 0.806. The van der Waals surface area contributed by atoms with Crippen LogP contribution in [0.2, 0.25) is 0 Å². The number of nitrogens with one attached hydrogen (secondary N) is 2. The van der Waals surface area contributed by atoms with Gasteiger partial charge in [-0.2, -0.15) is 0 Å². The Hall–Kier alpha value is -2.37. The molecule has 0 aliphatic carbocycles. The third-order valence-corrected chi connectivity index (χ3v) is 3.16. The molecule has 0 aromatic heterocycles. The first-order valence-electron chi connectivity index (χ1n) is 7.21. The van der Waals surface area contributed by atoms with Crippen molar-refractivity contribution in [3.05, 3.63) is 29.8 Å². The van der Waals surface area contributed by atoms with Crippen molar-refractivity contribution in [2.45, 2.75) is 26.2 Å². The van der Waals surface area contributed by atoms with Crippen LogP contribution in [-0.2, 0) is 14.4 Å². The molecule has 0 saturated carbocycles. The van der Waals surface area contributed by atoms with Crippen LogP contribution in [0.15, 0.2) is 24.3 Å². The van der Waals surface area contributed by atoms with Crippen LogP contribution in [0.5, 0.6) is 0 Å². The van der Waals surface area contributed by atoms with Crippen LogP contribution in [-0.4, -0.2) is 43.3 Å². The van der Waals surface area contributed by atoms with Crippen molar-refractivity contribution in [1.29, 1.82) is 0 Å². The van der Waals surface area contributed by atoms with Gasteiger partial charge in [0.1, 0.15) is 0 Å². The van der Waals surface area contributed by atoms with Crippen LogP contribution in [0.4, 0.5) is 5.69 Å². The van der Waals surface area contributed by atoms with Gasteiger partial charge in [0.05, 0.1) is 0 Å². The predicted molar refractivity (Wildman–Crippen MR) is 85.5 cm³/mol. The molecule has 0 unspecified atom stereocenters. The molecule has 0 radical (unpaired) electrons. The lowest BCUT2D eigenvalue weighted by Crippen LogP contribution is -2.37. The van der Waals surface area contributed by atoms with Gasteiger partial charge < -0.3 is 15.5 Å². The summed E-state index contributed by atoms with van der Waals surface area (Å²) < 4.78 is 0. The predicted octanol–water partition coefficient (Wildman–Crippen LogP) is 1.34. The minimum absolute atomic E-state index is 0.106. The summed E-state index contributed by atoms with van der Waals surface area (Å²) in [6.45, 7) is 4.16. The normalized spacial score (nSPS) is 10.2. The Kier molecular flexibility index (Phi) is 6.56. The fourth-order valence-electron chi connectivity index (χ4n) is 1.88. The smallest absolute Gasteiger partial charge is 0.313 e. The van der Waals surface area contributed by atoms with Crippen LogP contribution in [0.25, 0.3) is 0 Å². The van der Waals surface area contributed by atoms with Crippen molar-refractivity contribution in [3.8, 4) is 0 Å². The maximum Gasteiger partial charge on any atom is 0.313 e. The molecular formula is C16H23N3O3. The molecule has 1 aromatic carbocycles. The molecule has 0 spiro atoms. The Bertz CT molecular complexity index is 553. The summed E-state index contributed by atoms with van der Waals surface area (Å²) in [5, 5.41) is 5.04. The summed E-state index contributed by atoms with van der Waals surface area (Å²) in [7, 11) is 3.28. The topological polar surface area (TPSA) is 78.5 Å². The largest absolute Gasteiger partial charge is 0.349 e. The van der Waals surface area contributed by atoms with Gasteiger partial charge >= 0.3 is 11.8 Å². The zero-order valence-corrected chi connectivity index (χ0v) is 13.5. The van der Waals surface area contributed by atoms with Crippen molar-refractivity contribution in [2.75, 3.05) is 26.0 Å². The number of anilines is 1. The standard InChI is InChI=1S/C16H23N3O3/c1-11(2)12-7-5-6-8-13(12)18-16(22)15(21)17-10-9-14(20)19(3)4/h5-8,11H,9-10H2,1-4H3,(H,17,21)(H,18,22). The lowest BCUT2D eigenvalue weighted by atomic mass is 10.0. The van der Waals surface area contributed by atoms with Gasteiger partial charge in [-0.15, -0.1) is 0 Å². The average Bonchev–Trinajstić information content (AvgIpc) is 2.47. The molecule has 0 aliphatic rings. The number of carbonyl (C=O) groups is 3. The molecule has 0 bridgehead atoms. The fourth-order valence-corrected chi connectivity index (χ4v) is 1.88. The number of carbonyl (C=O) groups excluding carboxylic acids is 3. The van der Waals surface area contributed by atoms with Gasteiger partial charge in [-0.1, -0.05) is 32.0 Å². The molecule has 1 rings (SSSR count). The molecule has 0 heterocycles. The van der Waals surface area contributed by atoms with Gasteiger partial charge in [0, 0.05) is 32.7 Å². The Morgan fingerprint density at radius 3 is 2.32 bits per heavy atom. The van der Waals surface area contributed by atoms with Crippen LogP contribution in [0.3, 0.4) is 0 Å². The van der Waals surface area contributed by atoms with Gasteiger partial charge in [0.25, 0.3) is 0 Å². The first-order valence-corrected chi connectivity index (χ1v) is 7.21. The summed E-state index contributed by atoms with van der Waals surface area (Å²) in [4.78, 5) is 36.4. The van der Waals surface area contributed by atoms with Crippen molar-refractivity contribution < 1.29 is 14.4 Å². The third kappa shape index (κ3) is 5.20. The van der Waals surface area contributed by atoms with E-state index >= 15 is 0 Å². The molecule has 0 aliphatic heterocycles. The number of nitrogens with zero attached hydrogens (tertiary/aromatic N) is 1. The van der Waals surface area contributed by atoms with Crippen LogP contribution in [0, 0.1) is 0 Å². The summed E-state index contributed by atoms with van der Waals surface area (Å²) in [5.74, 6) is -1.35. The number of rotatable bonds is 5. The molecule has 6 nitrogen and oxygen atoms in total. The van der Waals surface area contributed by atoms with E-state index in [9.17, 15) is 14.4 Å². The van der Waals surface area contributed by atoms with Crippen molar-refractivity contribution in [2.24, 2.45) is 0 Å². The van der Waals surface area contributed by atoms with Gasteiger partial charge in [-0.25, -0.2) is 0 Å². The molecule has 2 N–H and O–H groups in total. The van der Waals surface area contributed by atoms with Gasteiger partial charge in [0.15, 0.2) is 0 Å². The number of hydrogen-bond acceptors (Lipinski definition) is 3. The van der Waals surface area contributed by atoms with E-state index in [0.717, 1.165) is 5.56 Å². The molecule has 22 heavy (non-hydrogen) atoms. The Morgan fingerprint density at radius 2 is 1.73 bits per heavy atom. The SMILES string of the molecule is CC(C)c1ccccc1NC(=O)C(=O)NCCC(=O)N(C)C. The zero-order chi connectivity index (χ0) is 16.7. The maximum absolute atomic E-state index is 11.9. The highest BCUT2D eigenvalue weighted by Gasteiger charge is 2.16. The average molecular weight is 305 g/mol. The molecule has 120 valence electrons. The summed E-state index contributed by atoms with van der Waals surface area (Å²) >= 11 is 0. The summed E-state index contributed by atoms with van der Waals surface area (Å²) in [6.07, 6.45) is 0.161. The maximum atomic E-state index is 11.9. The minimum atomic E-state index is -0.745. The zero-order valence-electron chi connectivity index (χ0n) is 13.5. The second kappa shape index (κ2) is 8.17. The Balaban J connectivity index is 2.55. The van der Waals surface area contributed by atoms with Crippen molar-refractivity contribution in [1.82, 2.24) is 10.2 Å². The molecule has 1 aromatic rings. The Labute approximate surface area is 130 Å². The van der Waals surface area contributed by atoms with E-state index in [1.54, 1.807) is 26.2 Å². The van der Waals surface area contributed by atoms with E-state index in [1.807, 2.05) is 26.0 Å². The number of para-hydroxylation sites is 1. The van der Waals surface area contributed by atoms with Crippen LogP contribution >= 0.6 is 0 Å². The summed E-state index contributed by atoms with van der Waals surface area (Å²) in [6, 6.07) is 7.36. The van der Waals surface area contributed by atoms with Gasteiger partial charge in [0.2, 0.25) is 5.91 Å². The van der Waals surface area contributed by atoms with Crippen LogP contribution < -0.4 is 10.6 Å². The van der Waals surface area contributed by atoms with Crippen molar-refractivity contribution in [3.63, 3.8) is 0 Å². The third-order valence-electron chi connectivity index (χ3n) is 3.16. The van der Waals surface area contributed by atoms with Gasteiger partial charge in [-0.3, -0.25) is 14.4 Å². The minimum Gasteiger partial charge on any atom is -0.349 e. The second-order valence-electron chi connectivity index (χ2n) is 5.49. The second-order valence-corrected chi connectivity index (χ2v) is 5.49. The molecule has 0 saturated heterocycles. The van der Waals surface area contributed by atoms with Crippen LogP contribution in [0.1, 0.15) is 31.7 Å². The van der Waals surface area contributed by atoms with E-state index in [0.29, 0.717) is 5.69 Å². The number of benzene rings is 1. The molecular weight excluding hydrogens is 282 g/mol. The monoisotopic (exact) mass is 305 g/mol.